The Labute approximate surface area is 250 Å². The highest BCUT2D eigenvalue weighted by Crippen LogP contribution is 2.55. The van der Waals surface area contributed by atoms with Crippen molar-refractivity contribution in [1.29, 1.82) is 0 Å². The van der Waals surface area contributed by atoms with Crippen LogP contribution in [0.1, 0.15) is 69.4 Å². The fourth-order valence-electron chi connectivity index (χ4n) is 8.27. The van der Waals surface area contributed by atoms with Crippen LogP contribution in [0, 0.1) is 17.8 Å². The molecule has 4 bridgehead atoms. The van der Waals surface area contributed by atoms with Crippen LogP contribution >= 0.6 is 0 Å². The predicted molar refractivity (Wildman–Crippen MR) is 166 cm³/mol. The first-order valence-corrected chi connectivity index (χ1v) is 16.0. The quantitative estimate of drug-likeness (QED) is 0.260. The van der Waals surface area contributed by atoms with E-state index in [1.54, 1.807) is 12.0 Å². The fraction of sp³-hybridized carbons (Fsp3) is 0.543. The van der Waals surface area contributed by atoms with Gasteiger partial charge in [-0.3, -0.25) is 4.79 Å². The molecule has 1 aromatic heterocycles. The molecule has 42 heavy (non-hydrogen) atoms. The van der Waals surface area contributed by atoms with Crippen molar-refractivity contribution < 1.29 is 14.3 Å². The average Bonchev–Trinajstić information content (AvgIpc) is 3.39. The first-order chi connectivity index (χ1) is 20.4. The molecule has 0 radical (unpaired) electrons. The van der Waals surface area contributed by atoms with Crippen LogP contribution in [0.4, 0.5) is 4.79 Å². The van der Waals surface area contributed by atoms with Gasteiger partial charge in [-0.15, -0.1) is 0 Å². The van der Waals surface area contributed by atoms with Crippen LogP contribution in [0.5, 0.6) is 5.75 Å². The third kappa shape index (κ3) is 6.30. The number of carbonyl (C=O) groups is 2. The molecule has 7 rings (SSSR count). The molecule has 0 atom stereocenters. The lowest BCUT2D eigenvalue weighted by molar-refractivity contribution is -0.132. The van der Waals surface area contributed by atoms with Crippen molar-refractivity contribution in [3.63, 3.8) is 0 Å². The Hall–Kier alpha value is -3.48. The summed E-state index contributed by atoms with van der Waals surface area (Å²) < 4.78 is 5.34. The molecule has 3 aromatic rings. The van der Waals surface area contributed by atoms with E-state index < -0.39 is 0 Å². The number of aromatic nitrogens is 1. The first kappa shape index (κ1) is 28.6. The predicted octanol–water partition coefficient (Wildman–Crippen LogP) is 6.53. The standard InChI is InChI=1S/C35H46N4O3/c1-3-4-14-39(34(41)37-35-19-26-16-27(20-35)18-28(17-26)21-35)24-33(40)38(23-25-9-11-30(42-2)12-10-25)15-13-29-22-36-32-8-6-5-7-31(29)32/h5-12,22,26-28,36H,3-4,13-21,23-24H2,1-2H3,(H,37,41). The summed E-state index contributed by atoms with van der Waals surface area (Å²) in [7, 11) is 1.66. The highest BCUT2D eigenvalue weighted by Gasteiger charge is 2.51. The van der Waals surface area contributed by atoms with Gasteiger partial charge in [0.15, 0.2) is 0 Å². The molecule has 4 aliphatic rings. The molecule has 3 amide bonds. The normalized spacial score (nSPS) is 24.1. The number of amides is 3. The van der Waals surface area contributed by atoms with E-state index in [0.717, 1.165) is 73.1 Å². The maximum Gasteiger partial charge on any atom is 0.318 e. The molecule has 224 valence electrons. The van der Waals surface area contributed by atoms with E-state index in [0.29, 0.717) is 19.6 Å². The summed E-state index contributed by atoms with van der Waals surface area (Å²) in [6.07, 6.45) is 12.0. The number of hydrogen-bond donors (Lipinski definition) is 2. The number of ether oxygens (including phenoxy) is 1. The zero-order chi connectivity index (χ0) is 29.1. The molecule has 0 unspecified atom stereocenters. The van der Waals surface area contributed by atoms with Crippen molar-refractivity contribution in [2.24, 2.45) is 17.8 Å². The molecule has 2 N–H and O–H groups in total. The summed E-state index contributed by atoms with van der Waals surface area (Å²) in [4.78, 5) is 34.9. The van der Waals surface area contributed by atoms with Crippen molar-refractivity contribution >= 4 is 22.8 Å². The highest BCUT2D eigenvalue weighted by atomic mass is 16.5. The Morgan fingerprint density at radius 3 is 2.31 bits per heavy atom. The van der Waals surface area contributed by atoms with Crippen molar-refractivity contribution in [2.75, 3.05) is 26.7 Å². The Morgan fingerprint density at radius 2 is 1.64 bits per heavy atom. The summed E-state index contributed by atoms with van der Waals surface area (Å²) in [5, 5.41) is 4.70. The number of nitrogens with one attached hydrogen (secondary N) is 2. The average molecular weight is 571 g/mol. The number of para-hydroxylation sites is 1. The van der Waals surface area contributed by atoms with Crippen LogP contribution in [0.3, 0.4) is 0 Å². The van der Waals surface area contributed by atoms with E-state index in [1.165, 1.54) is 30.2 Å². The van der Waals surface area contributed by atoms with Gasteiger partial charge in [-0.25, -0.2) is 4.79 Å². The lowest BCUT2D eigenvalue weighted by Crippen LogP contribution is -2.62. The monoisotopic (exact) mass is 570 g/mol. The SMILES string of the molecule is CCCCN(CC(=O)N(CCc1c[nH]c2ccccc12)Cc1ccc(OC)cc1)C(=O)NC12CC3CC(CC(C3)C1)C2. The van der Waals surface area contributed by atoms with E-state index >= 15 is 0 Å². The van der Waals surface area contributed by atoms with Crippen LogP contribution < -0.4 is 10.1 Å². The summed E-state index contributed by atoms with van der Waals surface area (Å²) >= 11 is 0. The van der Waals surface area contributed by atoms with E-state index in [4.69, 9.17) is 4.74 Å². The Bertz CT molecular complexity index is 1350. The molecule has 0 saturated heterocycles. The third-order valence-corrected chi connectivity index (χ3v) is 10.0. The number of nitrogens with zero attached hydrogens (tertiary/aromatic N) is 2. The summed E-state index contributed by atoms with van der Waals surface area (Å²) in [5.74, 6) is 3.05. The molecule has 7 heteroatoms. The van der Waals surface area contributed by atoms with Crippen LogP contribution in [0.2, 0.25) is 0 Å². The molecular weight excluding hydrogens is 524 g/mol. The Morgan fingerprint density at radius 1 is 0.952 bits per heavy atom. The maximum absolute atomic E-state index is 14.0. The van der Waals surface area contributed by atoms with Crippen molar-refractivity contribution in [2.45, 2.75) is 76.8 Å². The molecule has 4 saturated carbocycles. The van der Waals surface area contributed by atoms with Gasteiger partial charge in [-0.1, -0.05) is 43.7 Å². The minimum atomic E-state index is -0.0720. The van der Waals surface area contributed by atoms with Gasteiger partial charge in [0.25, 0.3) is 0 Å². The van der Waals surface area contributed by atoms with Gasteiger partial charge in [0.05, 0.1) is 7.11 Å². The van der Waals surface area contributed by atoms with Gasteiger partial charge in [-0.05, 0) is 98.4 Å². The number of rotatable bonds is 12. The van der Waals surface area contributed by atoms with Crippen LogP contribution in [0.15, 0.2) is 54.7 Å². The highest BCUT2D eigenvalue weighted by molar-refractivity contribution is 5.85. The molecule has 4 fully saturated rings. The molecule has 0 spiro atoms. The number of fused-ring (bicyclic) bond motifs is 1. The largest absolute Gasteiger partial charge is 0.497 e. The number of aromatic amines is 1. The van der Waals surface area contributed by atoms with Gasteiger partial charge in [0, 0.05) is 42.3 Å². The van der Waals surface area contributed by atoms with Crippen molar-refractivity contribution in [1.82, 2.24) is 20.1 Å². The number of carbonyl (C=O) groups excluding carboxylic acids is 2. The summed E-state index contributed by atoms with van der Waals surface area (Å²) in [5.41, 5.74) is 3.27. The van der Waals surface area contributed by atoms with Crippen molar-refractivity contribution in [3.8, 4) is 5.75 Å². The molecule has 2 aromatic carbocycles. The van der Waals surface area contributed by atoms with E-state index in [-0.39, 0.29) is 24.0 Å². The fourth-order valence-corrected chi connectivity index (χ4v) is 8.27. The number of urea groups is 1. The summed E-state index contributed by atoms with van der Waals surface area (Å²) in [6.45, 7) is 3.89. The second kappa shape index (κ2) is 12.4. The van der Waals surface area contributed by atoms with Gasteiger partial charge in [0.2, 0.25) is 5.91 Å². The van der Waals surface area contributed by atoms with Crippen molar-refractivity contribution in [3.05, 3.63) is 65.9 Å². The zero-order valence-electron chi connectivity index (χ0n) is 25.2. The molecule has 0 aliphatic heterocycles. The lowest BCUT2D eigenvalue weighted by Gasteiger charge is -2.57. The minimum absolute atomic E-state index is 0.0116. The number of H-pyrrole nitrogens is 1. The minimum Gasteiger partial charge on any atom is -0.497 e. The molecule has 4 aliphatic carbocycles. The van der Waals surface area contributed by atoms with E-state index in [2.05, 4.69) is 29.4 Å². The zero-order valence-corrected chi connectivity index (χ0v) is 25.2. The second-order valence-electron chi connectivity index (χ2n) is 13.2. The van der Waals surface area contributed by atoms with E-state index in [1.807, 2.05) is 47.5 Å². The smallest absolute Gasteiger partial charge is 0.318 e. The van der Waals surface area contributed by atoms with Crippen LogP contribution in [-0.2, 0) is 17.8 Å². The molecule has 7 nitrogen and oxygen atoms in total. The number of methoxy groups -OCH3 is 1. The van der Waals surface area contributed by atoms with Crippen LogP contribution in [0.25, 0.3) is 10.9 Å². The molecule has 1 heterocycles. The Kier molecular flexibility index (Phi) is 8.45. The number of unbranched alkanes of at least 4 members (excludes halogenated alkanes) is 1. The first-order valence-electron chi connectivity index (χ1n) is 16.0. The lowest BCUT2D eigenvalue weighted by atomic mass is 9.53. The van der Waals surface area contributed by atoms with Gasteiger partial charge < -0.3 is 24.8 Å². The Balaban J connectivity index is 1.17. The number of benzene rings is 2. The second-order valence-corrected chi connectivity index (χ2v) is 13.2. The van der Waals surface area contributed by atoms with Gasteiger partial charge >= 0.3 is 6.03 Å². The molecular formula is C35H46N4O3. The van der Waals surface area contributed by atoms with Crippen LogP contribution in [-0.4, -0.2) is 59.0 Å². The number of hydrogen-bond acceptors (Lipinski definition) is 3. The topological polar surface area (TPSA) is 77.7 Å². The van der Waals surface area contributed by atoms with Gasteiger partial charge in [0.1, 0.15) is 12.3 Å². The third-order valence-electron chi connectivity index (χ3n) is 10.0. The van der Waals surface area contributed by atoms with Gasteiger partial charge in [-0.2, -0.15) is 0 Å². The summed E-state index contributed by atoms with van der Waals surface area (Å²) in [6, 6.07) is 16.1. The maximum atomic E-state index is 14.0. The van der Waals surface area contributed by atoms with E-state index in [9.17, 15) is 9.59 Å².